The fourth-order valence-corrected chi connectivity index (χ4v) is 6.28. The molecule has 1 aliphatic heterocycles. The Kier molecular flexibility index (Phi) is 6.67. The maximum Gasteiger partial charge on any atom is 0.207 e. The molecular weight excluding hydrogens is 524 g/mol. The Balaban J connectivity index is 1.26. The molecule has 41 heavy (non-hydrogen) atoms. The summed E-state index contributed by atoms with van der Waals surface area (Å²) in [6.07, 6.45) is 0.780. The summed E-state index contributed by atoms with van der Waals surface area (Å²) in [6.45, 7) is 0. The molecule has 7 rings (SSSR count). The molecule has 0 saturated heterocycles. The number of ether oxygens (including phenoxy) is 1. The van der Waals surface area contributed by atoms with E-state index in [9.17, 15) is 0 Å². The topological polar surface area (TPSA) is 41.0 Å². The number of rotatable bonds is 7. The van der Waals surface area contributed by atoms with E-state index in [1.54, 1.807) is 18.4 Å². The van der Waals surface area contributed by atoms with Crippen molar-refractivity contribution in [2.24, 2.45) is 5.10 Å². The van der Waals surface area contributed by atoms with E-state index in [1.807, 2.05) is 30.3 Å². The van der Waals surface area contributed by atoms with Crippen LogP contribution in [-0.4, -0.2) is 17.8 Å². The number of hydrazone groups is 1. The first kappa shape index (κ1) is 25.1. The van der Waals surface area contributed by atoms with Gasteiger partial charge in [0.15, 0.2) is 0 Å². The monoisotopic (exact) mass is 552 g/mol. The number of para-hydroxylation sites is 3. The van der Waals surface area contributed by atoms with Gasteiger partial charge in [-0.2, -0.15) is 5.10 Å². The molecule has 6 aromatic rings. The minimum atomic E-state index is 0.0311. The normalized spacial score (nSPS) is 14.7. The van der Waals surface area contributed by atoms with E-state index in [0.29, 0.717) is 0 Å². The van der Waals surface area contributed by atoms with E-state index in [1.165, 1.54) is 5.56 Å². The summed E-state index contributed by atoms with van der Waals surface area (Å²) in [5, 5.41) is 8.14. The molecule has 0 amide bonds. The van der Waals surface area contributed by atoms with Crippen LogP contribution in [0.15, 0.2) is 139 Å². The van der Waals surface area contributed by atoms with Gasteiger partial charge in [0, 0.05) is 23.5 Å². The molecular formula is C35H28N4OS. The highest BCUT2D eigenvalue weighted by atomic mass is 32.1. The van der Waals surface area contributed by atoms with Crippen LogP contribution < -0.4 is 14.6 Å². The minimum Gasteiger partial charge on any atom is -0.497 e. The number of hydrogen-bond donors (Lipinski definition) is 0. The van der Waals surface area contributed by atoms with Crippen LogP contribution in [0.2, 0.25) is 0 Å². The van der Waals surface area contributed by atoms with E-state index < -0.39 is 0 Å². The van der Waals surface area contributed by atoms with Crippen molar-refractivity contribution in [3.63, 3.8) is 0 Å². The number of aromatic nitrogens is 1. The van der Waals surface area contributed by atoms with Gasteiger partial charge in [-0.1, -0.05) is 72.0 Å². The zero-order valence-electron chi connectivity index (χ0n) is 22.6. The van der Waals surface area contributed by atoms with Crippen molar-refractivity contribution in [2.45, 2.75) is 12.5 Å². The van der Waals surface area contributed by atoms with Crippen LogP contribution in [0, 0.1) is 0 Å². The maximum absolute atomic E-state index is 5.38. The van der Waals surface area contributed by atoms with E-state index >= 15 is 0 Å². The third-order valence-electron chi connectivity index (χ3n) is 7.38. The second-order valence-corrected chi connectivity index (χ2v) is 10.9. The average Bonchev–Trinajstić information content (AvgIpc) is 3.68. The van der Waals surface area contributed by atoms with Gasteiger partial charge in [0.2, 0.25) is 5.13 Å². The van der Waals surface area contributed by atoms with Crippen LogP contribution in [0.4, 0.5) is 22.2 Å². The van der Waals surface area contributed by atoms with Gasteiger partial charge >= 0.3 is 0 Å². The Morgan fingerprint density at radius 1 is 0.707 bits per heavy atom. The molecule has 0 fully saturated rings. The van der Waals surface area contributed by atoms with Crippen LogP contribution in [0.25, 0.3) is 10.2 Å². The molecule has 0 radical (unpaired) electrons. The lowest BCUT2D eigenvalue weighted by atomic mass is 9.98. The number of hydrogen-bond acceptors (Lipinski definition) is 6. The van der Waals surface area contributed by atoms with Gasteiger partial charge < -0.3 is 9.64 Å². The summed E-state index contributed by atoms with van der Waals surface area (Å²) in [7, 11) is 1.69. The number of benzene rings is 5. The van der Waals surface area contributed by atoms with E-state index in [0.717, 1.165) is 55.9 Å². The lowest BCUT2D eigenvalue weighted by Gasteiger charge is -2.26. The van der Waals surface area contributed by atoms with Crippen molar-refractivity contribution in [3.05, 3.63) is 145 Å². The smallest absolute Gasteiger partial charge is 0.207 e. The first-order chi connectivity index (χ1) is 20.3. The largest absolute Gasteiger partial charge is 0.497 e. The molecule has 5 aromatic carbocycles. The molecule has 0 saturated carbocycles. The summed E-state index contributed by atoms with van der Waals surface area (Å²) in [6, 6.07) is 46.3. The SMILES string of the molecule is COc1ccc(C2=NN(c3nc4ccccc4s3)C(c3ccc(N(c4ccccc4)c4ccccc4)cc3)C2)cc1. The predicted molar refractivity (Wildman–Crippen MR) is 170 cm³/mol. The van der Waals surface area contributed by atoms with Crippen LogP contribution in [0.5, 0.6) is 5.75 Å². The maximum atomic E-state index is 5.38. The number of anilines is 4. The van der Waals surface area contributed by atoms with Crippen LogP contribution >= 0.6 is 11.3 Å². The minimum absolute atomic E-state index is 0.0311. The van der Waals surface area contributed by atoms with Crippen molar-refractivity contribution in [1.82, 2.24) is 4.98 Å². The fourth-order valence-electron chi connectivity index (χ4n) is 5.31. The van der Waals surface area contributed by atoms with Crippen LogP contribution in [0.1, 0.15) is 23.6 Å². The third-order valence-corrected chi connectivity index (χ3v) is 8.40. The van der Waals surface area contributed by atoms with Crippen molar-refractivity contribution in [1.29, 1.82) is 0 Å². The number of methoxy groups -OCH3 is 1. The standard InChI is InChI=1S/C35H28N4OS/c1-40-30-22-18-25(19-23-30)32-24-33(39(37-32)35-36-31-14-8-9-15-34(31)41-35)26-16-20-29(21-17-26)38(27-10-4-2-5-11-27)28-12-6-3-7-13-28/h2-23,33H,24H2,1H3. The van der Waals surface area contributed by atoms with Crippen molar-refractivity contribution in [3.8, 4) is 5.75 Å². The summed E-state index contributed by atoms with van der Waals surface area (Å²) in [5.41, 5.74) is 7.66. The van der Waals surface area contributed by atoms with Gasteiger partial charge in [0.05, 0.1) is 29.1 Å². The lowest BCUT2D eigenvalue weighted by Crippen LogP contribution is -2.18. The molecule has 6 heteroatoms. The van der Waals surface area contributed by atoms with E-state index in [4.69, 9.17) is 14.8 Å². The van der Waals surface area contributed by atoms with Gasteiger partial charge in [-0.05, 0) is 83.9 Å². The van der Waals surface area contributed by atoms with Gasteiger partial charge in [0.1, 0.15) is 5.75 Å². The number of fused-ring (bicyclic) bond motifs is 1. The Bertz CT molecular complexity index is 1730. The van der Waals surface area contributed by atoms with Gasteiger partial charge in [0.25, 0.3) is 0 Å². The van der Waals surface area contributed by atoms with Gasteiger partial charge in [-0.15, -0.1) is 0 Å². The molecule has 2 heterocycles. The van der Waals surface area contributed by atoms with Crippen molar-refractivity contribution in [2.75, 3.05) is 17.0 Å². The van der Waals surface area contributed by atoms with E-state index in [2.05, 4.69) is 113 Å². The molecule has 0 N–H and O–H groups in total. The second kappa shape index (κ2) is 10.9. The third kappa shape index (κ3) is 4.94. The predicted octanol–water partition coefficient (Wildman–Crippen LogP) is 9.13. The quantitative estimate of drug-likeness (QED) is 0.198. The highest BCUT2D eigenvalue weighted by Gasteiger charge is 2.32. The molecule has 1 unspecified atom stereocenters. The average molecular weight is 553 g/mol. The van der Waals surface area contributed by atoms with Crippen molar-refractivity contribution >= 4 is 49.5 Å². The molecule has 1 aromatic heterocycles. The van der Waals surface area contributed by atoms with E-state index in [-0.39, 0.29) is 6.04 Å². The zero-order chi connectivity index (χ0) is 27.6. The summed E-state index contributed by atoms with van der Waals surface area (Å²) in [5.74, 6) is 0.837. The molecule has 1 aliphatic rings. The lowest BCUT2D eigenvalue weighted by molar-refractivity contribution is 0.415. The summed E-state index contributed by atoms with van der Waals surface area (Å²) in [4.78, 5) is 7.24. The Labute approximate surface area is 243 Å². The van der Waals surface area contributed by atoms with Crippen molar-refractivity contribution < 1.29 is 4.74 Å². The Morgan fingerprint density at radius 3 is 1.95 bits per heavy atom. The van der Waals surface area contributed by atoms with Crippen LogP contribution in [0.3, 0.4) is 0 Å². The molecule has 0 spiro atoms. The highest BCUT2D eigenvalue weighted by molar-refractivity contribution is 7.22. The molecule has 5 nitrogen and oxygen atoms in total. The Morgan fingerprint density at radius 2 is 1.32 bits per heavy atom. The van der Waals surface area contributed by atoms with Gasteiger partial charge in [-0.3, -0.25) is 0 Å². The van der Waals surface area contributed by atoms with Gasteiger partial charge in [-0.25, -0.2) is 9.99 Å². The summed E-state index contributed by atoms with van der Waals surface area (Å²) >= 11 is 1.68. The highest BCUT2D eigenvalue weighted by Crippen LogP contribution is 2.41. The second-order valence-electron chi connectivity index (χ2n) is 9.90. The molecule has 0 bridgehead atoms. The number of nitrogens with zero attached hydrogens (tertiary/aromatic N) is 4. The number of thiazole rings is 1. The molecule has 0 aliphatic carbocycles. The Hall–Kier alpha value is -4.94. The molecule has 1 atom stereocenters. The zero-order valence-corrected chi connectivity index (χ0v) is 23.4. The first-order valence-electron chi connectivity index (χ1n) is 13.6. The summed E-state index contributed by atoms with van der Waals surface area (Å²) < 4.78 is 6.54. The fraction of sp³-hybridized carbons (Fsp3) is 0.0857. The first-order valence-corrected chi connectivity index (χ1v) is 14.5. The van der Waals surface area contributed by atoms with Crippen LogP contribution in [-0.2, 0) is 0 Å². The molecule has 200 valence electrons.